The van der Waals surface area contributed by atoms with Gasteiger partial charge in [-0.2, -0.15) is 0 Å². The van der Waals surface area contributed by atoms with Crippen LogP contribution in [0.3, 0.4) is 0 Å². The van der Waals surface area contributed by atoms with Crippen LogP contribution in [0.4, 0.5) is 0 Å². The zero-order valence-electron chi connectivity index (χ0n) is 11.9. The van der Waals surface area contributed by atoms with Gasteiger partial charge in [0, 0.05) is 12.6 Å². The fourth-order valence-electron chi connectivity index (χ4n) is 3.06. The van der Waals surface area contributed by atoms with Crippen LogP contribution in [0.15, 0.2) is 0 Å². The van der Waals surface area contributed by atoms with Gasteiger partial charge >= 0.3 is 5.97 Å². The number of hydrogen-bond acceptors (Lipinski definition) is 4. The van der Waals surface area contributed by atoms with Gasteiger partial charge in [-0.25, -0.2) is 0 Å². The molecule has 108 valence electrons. The average molecular weight is 268 g/mol. The van der Waals surface area contributed by atoms with Gasteiger partial charge < -0.3 is 10.1 Å². The van der Waals surface area contributed by atoms with E-state index in [1.165, 1.54) is 20.0 Å². The van der Waals surface area contributed by atoms with E-state index in [9.17, 15) is 9.59 Å². The molecule has 1 aliphatic heterocycles. The predicted octanol–water partition coefficient (Wildman–Crippen LogP) is 0.929. The number of likely N-dealkylation sites (tertiary alicyclic amines) is 1. The molecule has 1 saturated heterocycles. The monoisotopic (exact) mass is 268 g/mol. The number of rotatable bonds is 4. The highest BCUT2D eigenvalue weighted by Crippen LogP contribution is 2.21. The molecule has 19 heavy (non-hydrogen) atoms. The van der Waals surface area contributed by atoms with Gasteiger partial charge in [-0.05, 0) is 32.7 Å². The van der Waals surface area contributed by atoms with Crippen LogP contribution in [0.2, 0.25) is 0 Å². The third-order valence-electron chi connectivity index (χ3n) is 4.38. The molecule has 1 saturated carbocycles. The van der Waals surface area contributed by atoms with Crippen molar-refractivity contribution >= 4 is 11.9 Å². The summed E-state index contributed by atoms with van der Waals surface area (Å²) >= 11 is 0. The van der Waals surface area contributed by atoms with Crippen molar-refractivity contribution in [3.63, 3.8) is 0 Å². The molecule has 1 amide bonds. The Kier molecular flexibility index (Phi) is 4.80. The SMILES string of the molecule is COC(=O)C1CCN(C(C)C(=O)NC2CCCC2)C1. The highest BCUT2D eigenvalue weighted by atomic mass is 16.5. The van der Waals surface area contributed by atoms with Crippen molar-refractivity contribution in [1.29, 1.82) is 0 Å². The van der Waals surface area contributed by atoms with Gasteiger partial charge in [0.25, 0.3) is 0 Å². The summed E-state index contributed by atoms with van der Waals surface area (Å²) < 4.78 is 4.76. The summed E-state index contributed by atoms with van der Waals surface area (Å²) in [6.07, 6.45) is 5.42. The molecule has 1 heterocycles. The first-order chi connectivity index (χ1) is 9.11. The smallest absolute Gasteiger partial charge is 0.310 e. The Hall–Kier alpha value is -1.10. The second kappa shape index (κ2) is 6.37. The average Bonchev–Trinajstić information content (AvgIpc) is 3.07. The van der Waals surface area contributed by atoms with Crippen LogP contribution in [0.1, 0.15) is 39.0 Å². The molecule has 1 aliphatic carbocycles. The maximum absolute atomic E-state index is 12.2. The molecule has 2 fully saturated rings. The number of carbonyl (C=O) groups is 2. The first-order valence-corrected chi connectivity index (χ1v) is 7.24. The van der Waals surface area contributed by atoms with Crippen molar-refractivity contribution in [3.05, 3.63) is 0 Å². The Bertz CT molecular complexity index is 340. The van der Waals surface area contributed by atoms with E-state index >= 15 is 0 Å². The molecule has 5 heteroatoms. The van der Waals surface area contributed by atoms with Crippen molar-refractivity contribution in [2.24, 2.45) is 5.92 Å². The van der Waals surface area contributed by atoms with Gasteiger partial charge in [-0.1, -0.05) is 12.8 Å². The largest absolute Gasteiger partial charge is 0.469 e. The summed E-state index contributed by atoms with van der Waals surface area (Å²) in [6.45, 7) is 3.34. The second-order valence-electron chi connectivity index (χ2n) is 5.67. The molecule has 1 N–H and O–H groups in total. The van der Waals surface area contributed by atoms with E-state index in [-0.39, 0.29) is 23.8 Å². The highest BCUT2D eigenvalue weighted by molar-refractivity contribution is 5.82. The number of amides is 1. The van der Waals surface area contributed by atoms with Gasteiger partial charge in [0.15, 0.2) is 0 Å². The van der Waals surface area contributed by atoms with Gasteiger partial charge in [0.1, 0.15) is 0 Å². The van der Waals surface area contributed by atoms with E-state index in [0.717, 1.165) is 25.8 Å². The summed E-state index contributed by atoms with van der Waals surface area (Å²) in [7, 11) is 1.42. The number of hydrogen-bond donors (Lipinski definition) is 1. The standard InChI is InChI=1S/C14H24N2O3/c1-10(13(17)15-12-5-3-4-6-12)16-8-7-11(9-16)14(18)19-2/h10-12H,3-9H2,1-2H3,(H,15,17). The Morgan fingerprint density at radius 3 is 2.58 bits per heavy atom. The molecule has 2 atom stereocenters. The Labute approximate surface area is 114 Å². The van der Waals surface area contributed by atoms with Crippen molar-refractivity contribution in [2.75, 3.05) is 20.2 Å². The molecule has 0 aromatic heterocycles. The number of methoxy groups -OCH3 is 1. The number of esters is 1. The molecule has 0 spiro atoms. The van der Waals surface area contributed by atoms with E-state index in [1.54, 1.807) is 0 Å². The summed E-state index contributed by atoms with van der Waals surface area (Å²) in [5.41, 5.74) is 0. The molecule has 0 aromatic carbocycles. The Balaban J connectivity index is 1.81. The normalized spacial score (nSPS) is 26.3. The summed E-state index contributed by atoms with van der Waals surface area (Å²) in [4.78, 5) is 25.7. The summed E-state index contributed by atoms with van der Waals surface area (Å²) in [6, 6.07) is 0.198. The van der Waals surface area contributed by atoms with E-state index < -0.39 is 0 Å². The van der Waals surface area contributed by atoms with Gasteiger partial charge in [0.2, 0.25) is 5.91 Å². The van der Waals surface area contributed by atoms with Crippen LogP contribution in [0.25, 0.3) is 0 Å². The van der Waals surface area contributed by atoms with E-state index in [4.69, 9.17) is 4.74 Å². The highest BCUT2D eigenvalue weighted by Gasteiger charge is 2.34. The fraction of sp³-hybridized carbons (Fsp3) is 0.857. The lowest BCUT2D eigenvalue weighted by molar-refractivity contribution is -0.145. The topological polar surface area (TPSA) is 58.6 Å². The number of nitrogens with zero attached hydrogens (tertiary/aromatic N) is 1. The fourth-order valence-corrected chi connectivity index (χ4v) is 3.06. The quantitative estimate of drug-likeness (QED) is 0.771. The molecule has 5 nitrogen and oxygen atoms in total. The van der Waals surface area contributed by atoms with Crippen LogP contribution in [0, 0.1) is 5.92 Å². The molecule has 2 unspecified atom stereocenters. The minimum Gasteiger partial charge on any atom is -0.469 e. The molecular weight excluding hydrogens is 244 g/mol. The zero-order valence-corrected chi connectivity index (χ0v) is 11.9. The Morgan fingerprint density at radius 2 is 1.95 bits per heavy atom. The van der Waals surface area contributed by atoms with Crippen LogP contribution >= 0.6 is 0 Å². The minimum atomic E-state index is -0.161. The van der Waals surface area contributed by atoms with Gasteiger partial charge in [0.05, 0.1) is 19.1 Å². The minimum absolute atomic E-state index is 0.0771. The lowest BCUT2D eigenvalue weighted by Crippen LogP contribution is -2.47. The van der Waals surface area contributed by atoms with E-state index in [2.05, 4.69) is 10.2 Å². The maximum atomic E-state index is 12.2. The zero-order chi connectivity index (χ0) is 13.8. The number of ether oxygens (including phenoxy) is 1. The molecule has 0 radical (unpaired) electrons. The molecule has 0 bridgehead atoms. The van der Waals surface area contributed by atoms with Crippen LogP contribution in [0.5, 0.6) is 0 Å². The third kappa shape index (κ3) is 3.47. The molecule has 2 rings (SSSR count). The lowest BCUT2D eigenvalue weighted by Gasteiger charge is -2.25. The first-order valence-electron chi connectivity index (χ1n) is 7.24. The molecular formula is C14H24N2O3. The number of carbonyl (C=O) groups excluding carboxylic acids is 2. The first kappa shape index (κ1) is 14.3. The van der Waals surface area contributed by atoms with Crippen molar-refractivity contribution < 1.29 is 14.3 Å². The van der Waals surface area contributed by atoms with Crippen LogP contribution in [-0.2, 0) is 14.3 Å². The summed E-state index contributed by atoms with van der Waals surface area (Å²) in [5.74, 6) is -0.143. The van der Waals surface area contributed by atoms with Crippen molar-refractivity contribution in [2.45, 2.75) is 51.1 Å². The Morgan fingerprint density at radius 1 is 1.26 bits per heavy atom. The third-order valence-corrected chi connectivity index (χ3v) is 4.38. The van der Waals surface area contributed by atoms with E-state index in [0.29, 0.717) is 12.6 Å². The number of nitrogens with one attached hydrogen (secondary N) is 1. The van der Waals surface area contributed by atoms with Crippen LogP contribution in [-0.4, -0.2) is 49.1 Å². The lowest BCUT2D eigenvalue weighted by atomic mass is 10.1. The predicted molar refractivity (Wildman–Crippen MR) is 71.6 cm³/mol. The van der Waals surface area contributed by atoms with Gasteiger partial charge in [-0.15, -0.1) is 0 Å². The molecule has 2 aliphatic rings. The summed E-state index contributed by atoms with van der Waals surface area (Å²) in [5, 5.41) is 3.12. The van der Waals surface area contributed by atoms with Crippen LogP contribution < -0.4 is 5.32 Å². The maximum Gasteiger partial charge on any atom is 0.310 e. The molecule has 0 aromatic rings. The van der Waals surface area contributed by atoms with E-state index in [1.807, 2.05) is 6.92 Å². The second-order valence-corrected chi connectivity index (χ2v) is 5.67. The van der Waals surface area contributed by atoms with Gasteiger partial charge in [-0.3, -0.25) is 14.5 Å². The van der Waals surface area contributed by atoms with Crippen molar-refractivity contribution in [3.8, 4) is 0 Å². The van der Waals surface area contributed by atoms with Crippen molar-refractivity contribution in [1.82, 2.24) is 10.2 Å².